The molecular weight excluding hydrogens is 328 g/mol. The van der Waals surface area contributed by atoms with Crippen LogP contribution in [0.5, 0.6) is 0 Å². The van der Waals surface area contributed by atoms with Gasteiger partial charge >= 0.3 is 0 Å². The minimum Gasteiger partial charge on any atom is -0.289 e. The first-order chi connectivity index (χ1) is 9.13. The van der Waals surface area contributed by atoms with Gasteiger partial charge in [0, 0.05) is 5.38 Å². The molecule has 0 saturated heterocycles. The molecule has 2 rings (SSSR count). The molecule has 0 atom stereocenters. The molecule has 0 unspecified atom stereocenters. The summed E-state index contributed by atoms with van der Waals surface area (Å²) in [5.74, 6) is 0.0245. The maximum atomic E-state index is 11.9. The van der Waals surface area contributed by atoms with Crippen LogP contribution in [0.1, 0.15) is 35.6 Å². The number of hydrogen-bond acceptors (Lipinski definition) is 5. The third-order valence-corrected chi connectivity index (χ3v) is 4.07. The van der Waals surface area contributed by atoms with Crippen LogP contribution in [0.15, 0.2) is 15.2 Å². The van der Waals surface area contributed by atoms with Crippen LogP contribution < -0.4 is 5.32 Å². The van der Waals surface area contributed by atoms with Gasteiger partial charge in [0.25, 0.3) is 5.91 Å². The van der Waals surface area contributed by atoms with Gasteiger partial charge < -0.3 is 0 Å². The van der Waals surface area contributed by atoms with Gasteiger partial charge in [-0.3, -0.25) is 10.1 Å². The van der Waals surface area contributed by atoms with E-state index in [9.17, 15) is 4.79 Å². The van der Waals surface area contributed by atoms with E-state index in [1.165, 1.54) is 11.3 Å². The Balaban J connectivity index is 2.17. The van der Waals surface area contributed by atoms with E-state index in [1.807, 2.05) is 13.8 Å². The quantitative estimate of drug-likeness (QED) is 0.928. The van der Waals surface area contributed by atoms with Gasteiger partial charge in [0.05, 0.1) is 20.7 Å². The summed E-state index contributed by atoms with van der Waals surface area (Å²) < 4.78 is 0.910. The van der Waals surface area contributed by atoms with Crippen molar-refractivity contribution in [2.45, 2.75) is 26.7 Å². The molecule has 0 aliphatic carbocycles. The zero-order valence-electron chi connectivity index (χ0n) is 10.6. The van der Waals surface area contributed by atoms with Crippen molar-refractivity contribution in [3.63, 3.8) is 0 Å². The van der Waals surface area contributed by atoms with Gasteiger partial charge in [0.1, 0.15) is 0 Å². The highest BCUT2D eigenvalue weighted by atomic mass is 79.9. The van der Waals surface area contributed by atoms with Crippen molar-refractivity contribution in [2.75, 3.05) is 5.32 Å². The van der Waals surface area contributed by atoms with Gasteiger partial charge in [-0.25, -0.2) is 4.98 Å². The number of hydrogen-bond donors (Lipinski definition) is 1. The summed E-state index contributed by atoms with van der Waals surface area (Å²) in [4.78, 5) is 16.3. The number of thiophene rings is 1. The molecule has 0 fully saturated rings. The lowest BCUT2D eigenvalue weighted by Crippen LogP contribution is -2.15. The summed E-state index contributed by atoms with van der Waals surface area (Å²) in [7, 11) is 0. The second kappa shape index (κ2) is 6.21. The second-order valence-electron chi connectivity index (χ2n) is 3.83. The zero-order chi connectivity index (χ0) is 13.8. The Morgan fingerprint density at radius 2 is 2.05 bits per heavy atom. The average Bonchev–Trinajstić information content (AvgIpc) is 2.85. The normalized spacial score (nSPS) is 10.5. The number of aromatic nitrogens is 3. The Bertz CT molecular complexity index is 599. The van der Waals surface area contributed by atoms with E-state index in [4.69, 9.17) is 0 Å². The predicted octanol–water partition coefficient (Wildman–Crippen LogP) is 3.07. The zero-order valence-corrected chi connectivity index (χ0v) is 13.0. The van der Waals surface area contributed by atoms with Crippen LogP contribution in [0, 0.1) is 0 Å². The summed E-state index contributed by atoms with van der Waals surface area (Å²) in [6.07, 6.45) is 1.56. The Labute approximate surface area is 123 Å². The maximum absolute atomic E-state index is 11.9. The van der Waals surface area contributed by atoms with Crippen LogP contribution >= 0.6 is 27.3 Å². The van der Waals surface area contributed by atoms with Crippen LogP contribution in [-0.4, -0.2) is 21.1 Å². The highest BCUT2D eigenvalue weighted by molar-refractivity contribution is 9.11. The minimum absolute atomic E-state index is 0.227. The van der Waals surface area contributed by atoms with Crippen LogP contribution in [-0.2, 0) is 12.8 Å². The van der Waals surface area contributed by atoms with Crippen LogP contribution in [0.25, 0.3) is 0 Å². The minimum atomic E-state index is -0.227. The van der Waals surface area contributed by atoms with E-state index in [-0.39, 0.29) is 11.9 Å². The highest BCUT2D eigenvalue weighted by Crippen LogP contribution is 2.21. The second-order valence-corrected chi connectivity index (χ2v) is 6.12. The van der Waals surface area contributed by atoms with E-state index in [0.29, 0.717) is 5.56 Å². The van der Waals surface area contributed by atoms with Gasteiger partial charge in [-0.2, -0.15) is 0 Å². The Morgan fingerprint density at radius 1 is 1.32 bits per heavy atom. The van der Waals surface area contributed by atoms with Gasteiger partial charge in [-0.1, -0.05) is 13.8 Å². The number of aryl methyl sites for hydroxylation is 2. The van der Waals surface area contributed by atoms with Crippen molar-refractivity contribution in [1.82, 2.24) is 15.2 Å². The van der Waals surface area contributed by atoms with Crippen LogP contribution in [0.3, 0.4) is 0 Å². The number of carbonyl (C=O) groups excluding carboxylic acids is 1. The van der Waals surface area contributed by atoms with Crippen molar-refractivity contribution >= 4 is 39.1 Å². The molecule has 0 bridgehead atoms. The number of rotatable bonds is 4. The van der Waals surface area contributed by atoms with Crippen LogP contribution in [0.2, 0.25) is 0 Å². The van der Waals surface area contributed by atoms with Crippen molar-refractivity contribution in [3.05, 3.63) is 32.2 Å². The van der Waals surface area contributed by atoms with Gasteiger partial charge in [0.2, 0.25) is 5.95 Å². The molecule has 0 saturated carbocycles. The lowest BCUT2D eigenvalue weighted by atomic mass is 10.2. The molecule has 0 spiro atoms. The summed E-state index contributed by atoms with van der Waals surface area (Å²) in [6.45, 7) is 4.01. The third kappa shape index (κ3) is 3.36. The Kier molecular flexibility index (Phi) is 4.60. The fourth-order valence-electron chi connectivity index (χ4n) is 1.59. The molecule has 2 aromatic heterocycles. The number of halogens is 1. The lowest BCUT2D eigenvalue weighted by Gasteiger charge is -2.06. The fraction of sp³-hybridized carbons (Fsp3) is 0.333. The predicted molar refractivity (Wildman–Crippen MR) is 78.6 cm³/mol. The number of carbonyl (C=O) groups is 1. The Hall–Kier alpha value is -1.34. The monoisotopic (exact) mass is 340 g/mol. The van der Waals surface area contributed by atoms with E-state index >= 15 is 0 Å². The van der Waals surface area contributed by atoms with Gasteiger partial charge in [-0.05, 0) is 34.8 Å². The van der Waals surface area contributed by atoms with Crippen LogP contribution in [0.4, 0.5) is 5.95 Å². The smallest absolute Gasteiger partial charge is 0.258 e. The molecular formula is C12H13BrN4OS. The first kappa shape index (κ1) is 14.1. The summed E-state index contributed by atoms with van der Waals surface area (Å²) >= 11 is 4.78. The average molecular weight is 341 g/mol. The van der Waals surface area contributed by atoms with Crippen molar-refractivity contribution < 1.29 is 4.79 Å². The molecule has 2 heterocycles. The Morgan fingerprint density at radius 3 is 2.63 bits per heavy atom. The SMILES string of the molecule is CCc1nnc(NC(=O)c2csc(Br)c2)nc1CC. The van der Waals surface area contributed by atoms with Crippen molar-refractivity contribution in [1.29, 1.82) is 0 Å². The molecule has 2 aromatic rings. The van der Waals surface area contributed by atoms with Gasteiger partial charge in [-0.15, -0.1) is 21.5 Å². The number of anilines is 1. The highest BCUT2D eigenvalue weighted by Gasteiger charge is 2.12. The molecule has 1 N–H and O–H groups in total. The molecule has 0 aliphatic rings. The van der Waals surface area contributed by atoms with Crippen molar-refractivity contribution in [3.8, 4) is 0 Å². The molecule has 100 valence electrons. The standard InChI is InChI=1S/C12H13BrN4OS/c1-3-8-9(4-2)16-17-12(14-8)15-11(18)7-5-10(13)19-6-7/h5-6H,3-4H2,1-2H3,(H,14,15,17,18). The topological polar surface area (TPSA) is 67.8 Å². The number of amides is 1. The van der Waals surface area contributed by atoms with E-state index in [2.05, 4.69) is 36.4 Å². The summed E-state index contributed by atoms with van der Waals surface area (Å²) in [5, 5.41) is 12.4. The number of nitrogens with one attached hydrogen (secondary N) is 1. The third-order valence-electron chi connectivity index (χ3n) is 2.56. The molecule has 1 amide bonds. The van der Waals surface area contributed by atoms with E-state index in [1.54, 1.807) is 11.4 Å². The van der Waals surface area contributed by atoms with Crippen molar-refractivity contribution in [2.24, 2.45) is 0 Å². The van der Waals surface area contributed by atoms with Gasteiger partial charge in [0.15, 0.2) is 0 Å². The largest absolute Gasteiger partial charge is 0.289 e. The van der Waals surface area contributed by atoms with E-state index < -0.39 is 0 Å². The van der Waals surface area contributed by atoms with E-state index in [0.717, 1.165) is 28.0 Å². The summed E-state index contributed by atoms with van der Waals surface area (Å²) in [5.41, 5.74) is 2.33. The first-order valence-corrected chi connectivity index (χ1v) is 7.59. The molecule has 5 nitrogen and oxygen atoms in total. The molecule has 0 radical (unpaired) electrons. The lowest BCUT2D eigenvalue weighted by molar-refractivity contribution is 0.102. The molecule has 19 heavy (non-hydrogen) atoms. The molecule has 0 aliphatic heterocycles. The maximum Gasteiger partial charge on any atom is 0.258 e. The first-order valence-electron chi connectivity index (χ1n) is 5.91. The summed E-state index contributed by atoms with van der Waals surface area (Å²) in [6, 6.07) is 1.76. The number of nitrogens with zero attached hydrogens (tertiary/aromatic N) is 3. The molecule has 7 heteroatoms. The fourth-order valence-corrected chi connectivity index (χ4v) is 2.73. The molecule has 0 aromatic carbocycles.